The average molecular weight is 341 g/mol. The van der Waals surface area contributed by atoms with E-state index >= 15 is 0 Å². The van der Waals surface area contributed by atoms with Crippen LogP contribution >= 0.6 is 15.9 Å². The minimum absolute atomic E-state index is 0.173. The summed E-state index contributed by atoms with van der Waals surface area (Å²) in [5.41, 5.74) is 1.85. The summed E-state index contributed by atoms with van der Waals surface area (Å²) >= 11 is 3.59. The van der Waals surface area contributed by atoms with Gasteiger partial charge in [0.1, 0.15) is 0 Å². The zero-order chi connectivity index (χ0) is 14.3. The van der Waals surface area contributed by atoms with Gasteiger partial charge in [0.15, 0.2) is 11.5 Å². The predicted molar refractivity (Wildman–Crippen MR) is 77.7 cm³/mol. The van der Waals surface area contributed by atoms with E-state index in [1.807, 2.05) is 13.0 Å². The number of carbonyl (C=O) groups is 1. The lowest BCUT2D eigenvalue weighted by atomic mass is 9.88. The van der Waals surface area contributed by atoms with Crippen LogP contribution in [-0.2, 0) is 10.2 Å². The van der Waals surface area contributed by atoms with Crippen molar-refractivity contribution in [3.05, 3.63) is 21.7 Å². The van der Waals surface area contributed by atoms with Gasteiger partial charge in [0, 0.05) is 16.3 Å². The normalized spacial score (nSPS) is 19.3. The first kappa shape index (κ1) is 13.7. The van der Waals surface area contributed by atoms with E-state index in [4.69, 9.17) is 14.6 Å². The summed E-state index contributed by atoms with van der Waals surface area (Å²) in [5, 5.41) is 9.14. The van der Waals surface area contributed by atoms with Crippen molar-refractivity contribution in [2.45, 2.75) is 38.0 Å². The molecule has 1 heterocycles. The van der Waals surface area contributed by atoms with Gasteiger partial charge >= 0.3 is 5.97 Å². The predicted octanol–water partition coefficient (Wildman–Crippen LogP) is 3.43. The molecule has 0 bridgehead atoms. The molecule has 0 radical (unpaired) electrons. The third-order valence-electron chi connectivity index (χ3n) is 4.10. The highest BCUT2D eigenvalue weighted by molar-refractivity contribution is 9.10. The van der Waals surface area contributed by atoms with Gasteiger partial charge in [0.25, 0.3) is 0 Å². The fourth-order valence-electron chi connectivity index (χ4n) is 3.04. The van der Waals surface area contributed by atoms with Crippen LogP contribution in [0.5, 0.6) is 11.5 Å². The van der Waals surface area contributed by atoms with Gasteiger partial charge in [-0.25, -0.2) is 0 Å². The Balaban J connectivity index is 2.08. The fourth-order valence-corrected chi connectivity index (χ4v) is 3.96. The van der Waals surface area contributed by atoms with Crippen LogP contribution in [-0.4, -0.2) is 24.3 Å². The van der Waals surface area contributed by atoms with Crippen molar-refractivity contribution >= 4 is 21.9 Å². The van der Waals surface area contributed by atoms with Crippen molar-refractivity contribution in [3.63, 3.8) is 0 Å². The van der Waals surface area contributed by atoms with E-state index < -0.39 is 5.97 Å². The minimum Gasteiger partial charge on any atom is -0.490 e. The topological polar surface area (TPSA) is 55.8 Å². The van der Waals surface area contributed by atoms with Crippen LogP contribution in [0.2, 0.25) is 0 Å². The zero-order valence-corrected chi connectivity index (χ0v) is 13.0. The van der Waals surface area contributed by atoms with Gasteiger partial charge in [-0.15, -0.1) is 0 Å². The molecule has 2 aliphatic rings. The van der Waals surface area contributed by atoms with E-state index in [9.17, 15) is 4.79 Å². The van der Waals surface area contributed by atoms with Gasteiger partial charge in [-0.1, -0.05) is 15.9 Å². The van der Waals surface area contributed by atoms with Crippen molar-refractivity contribution in [3.8, 4) is 11.5 Å². The fraction of sp³-hybridized carbons (Fsp3) is 0.533. The van der Waals surface area contributed by atoms with Crippen molar-refractivity contribution in [1.29, 1.82) is 0 Å². The van der Waals surface area contributed by atoms with Crippen LogP contribution in [0.1, 0.15) is 36.8 Å². The molecular weight excluding hydrogens is 324 g/mol. The highest BCUT2D eigenvalue weighted by Gasteiger charge is 2.48. The molecule has 1 aromatic rings. The largest absolute Gasteiger partial charge is 0.490 e. The summed E-state index contributed by atoms with van der Waals surface area (Å²) in [7, 11) is 0. The van der Waals surface area contributed by atoms with Crippen molar-refractivity contribution in [2.24, 2.45) is 0 Å². The van der Waals surface area contributed by atoms with Gasteiger partial charge in [-0.2, -0.15) is 0 Å². The smallest absolute Gasteiger partial charge is 0.304 e. The summed E-state index contributed by atoms with van der Waals surface area (Å²) in [4.78, 5) is 11.1. The second-order valence-corrected chi connectivity index (χ2v) is 6.44. The first-order valence-electron chi connectivity index (χ1n) is 6.84. The maximum atomic E-state index is 11.1. The number of carboxylic acid groups (broad SMARTS) is 1. The van der Waals surface area contributed by atoms with Crippen molar-refractivity contribution < 1.29 is 19.4 Å². The Bertz CT molecular complexity index is 563. The maximum absolute atomic E-state index is 11.1. The summed E-state index contributed by atoms with van der Waals surface area (Å²) in [6.45, 7) is 3.29. The molecule has 3 rings (SSSR count). The van der Waals surface area contributed by atoms with E-state index in [2.05, 4.69) is 15.9 Å². The molecule has 4 nitrogen and oxygen atoms in total. The number of benzene rings is 1. The van der Waals surface area contributed by atoms with E-state index in [0.717, 1.165) is 46.4 Å². The quantitative estimate of drug-likeness (QED) is 0.915. The van der Waals surface area contributed by atoms with Crippen LogP contribution in [0.15, 0.2) is 10.5 Å². The average Bonchev–Trinajstić information content (AvgIpc) is 3.13. The van der Waals surface area contributed by atoms with E-state index in [1.165, 1.54) is 0 Å². The lowest BCUT2D eigenvalue weighted by Gasteiger charge is -2.22. The highest BCUT2D eigenvalue weighted by atomic mass is 79.9. The third kappa shape index (κ3) is 2.28. The Hall–Kier alpha value is -1.23. The lowest BCUT2D eigenvalue weighted by Crippen LogP contribution is -2.16. The Labute approximate surface area is 126 Å². The molecule has 0 atom stereocenters. The molecule has 0 amide bonds. The number of rotatable bonds is 3. The van der Waals surface area contributed by atoms with Gasteiger partial charge in [-0.05, 0) is 37.0 Å². The molecule has 5 heteroatoms. The Morgan fingerprint density at radius 1 is 1.40 bits per heavy atom. The molecule has 0 saturated heterocycles. The molecule has 0 aromatic heterocycles. The second-order valence-electron chi connectivity index (χ2n) is 5.59. The first-order valence-corrected chi connectivity index (χ1v) is 7.64. The Morgan fingerprint density at radius 3 is 2.75 bits per heavy atom. The van der Waals surface area contributed by atoms with Gasteiger partial charge < -0.3 is 14.6 Å². The van der Waals surface area contributed by atoms with Crippen LogP contribution < -0.4 is 9.47 Å². The van der Waals surface area contributed by atoms with Gasteiger partial charge in [-0.3, -0.25) is 4.79 Å². The first-order chi connectivity index (χ1) is 9.53. The molecular formula is C15H17BrO4. The number of halogens is 1. The molecule has 1 N–H and O–H groups in total. The van der Waals surface area contributed by atoms with Crippen LogP contribution in [0.4, 0.5) is 0 Å². The van der Waals surface area contributed by atoms with Gasteiger partial charge in [0.2, 0.25) is 0 Å². The van der Waals surface area contributed by atoms with Crippen LogP contribution in [0, 0.1) is 6.92 Å². The number of carboxylic acids is 1. The number of aliphatic carboxylic acids is 1. The number of fused-ring (bicyclic) bond motifs is 1. The summed E-state index contributed by atoms with van der Waals surface area (Å²) < 4.78 is 12.4. The SMILES string of the molecule is Cc1c2c(cc(Br)c1C1(CC(=O)O)CC1)OCCCO2. The molecule has 1 aromatic carbocycles. The number of hydrogen-bond donors (Lipinski definition) is 1. The lowest BCUT2D eigenvalue weighted by molar-refractivity contribution is -0.137. The molecule has 1 aliphatic heterocycles. The number of hydrogen-bond acceptors (Lipinski definition) is 3. The van der Waals surface area contributed by atoms with Crippen LogP contribution in [0.3, 0.4) is 0 Å². The molecule has 20 heavy (non-hydrogen) atoms. The molecule has 0 spiro atoms. The minimum atomic E-state index is -0.749. The highest BCUT2D eigenvalue weighted by Crippen LogP contribution is 2.56. The van der Waals surface area contributed by atoms with Gasteiger partial charge in [0.05, 0.1) is 19.6 Å². The molecule has 0 unspecified atom stereocenters. The molecule has 108 valence electrons. The summed E-state index contributed by atoms with van der Waals surface area (Å²) in [5.74, 6) is 0.778. The Morgan fingerprint density at radius 2 is 2.10 bits per heavy atom. The molecule has 1 fully saturated rings. The molecule has 1 saturated carbocycles. The maximum Gasteiger partial charge on any atom is 0.304 e. The standard InChI is InChI=1S/C15H17BrO4/c1-9-13(15(3-4-15)8-12(17)18)10(16)7-11-14(9)20-6-2-5-19-11/h7H,2-6,8H2,1H3,(H,17,18). The van der Waals surface area contributed by atoms with Crippen LogP contribution in [0.25, 0.3) is 0 Å². The van der Waals surface area contributed by atoms with E-state index in [0.29, 0.717) is 13.2 Å². The number of ether oxygens (including phenoxy) is 2. The molecule has 1 aliphatic carbocycles. The van der Waals surface area contributed by atoms with Crippen molar-refractivity contribution in [1.82, 2.24) is 0 Å². The van der Waals surface area contributed by atoms with Crippen molar-refractivity contribution in [2.75, 3.05) is 13.2 Å². The summed E-state index contributed by atoms with van der Waals surface area (Å²) in [6.07, 6.45) is 2.87. The summed E-state index contributed by atoms with van der Waals surface area (Å²) in [6, 6.07) is 1.92. The van der Waals surface area contributed by atoms with E-state index in [1.54, 1.807) is 0 Å². The zero-order valence-electron chi connectivity index (χ0n) is 11.4. The Kier molecular flexibility index (Phi) is 3.40. The van der Waals surface area contributed by atoms with E-state index in [-0.39, 0.29) is 11.8 Å². The second kappa shape index (κ2) is 4.95. The third-order valence-corrected chi connectivity index (χ3v) is 4.73. The monoisotopic (exact) mass is 340 g/mol.